The lowest BCUT2D eigenvalue weighted by atomic mass is 9.89. The molecule has 1 heterocycles. The van der Waals surface area contributed by atoms with Gasteiger partial charge in [0.15, 0.2) is 0 Å². The monoisotopic (exact) mass is 285 g/mol. The van der Waals surface area contributed by atoms with Crippen molar-refractivity contribution in [2.75, 3.05) is 0 Å². The highest BCUT2D eigenvalue weighted by Crippen LogP contribution is 2.48. The maximum atomic E-state index is 12.9. The summed E-state index contributed by atoms with van der Waals surface area (Å²) in [5.74, 6) is 1.04. The molecule has 3 heteroatoms. The molecule has 112 valence electrons. The molecule has 1 aliphatic heterocycles. The lowest BCUT2D eigenvalue weighted by molar-refractivity contribution is -0.148. The molecular weight excluding hydrogens is 262 g/mol. The zero-order valence-corrected chi connectivity index (χ0v) is 13.2. The number of rotatable bonds is 2. The number of carbonyl (C=O) groups excluding carboxylic acids is 1. The Morgan fingerprint density at radius 2 is 1.86 bits per heavy atom. The van der Waals surface area contributed by atoms with Crippen LogP contribution in [0.5, 0.6) is 0 Å². The minimum Gasteiger partial charge on any atom is -0.470 e. The van der Waals surface area contributed by atoms with Gasteiger partial charge in [-0.1, -0.05) is 44.2 Å². The first kappa shape index (κ1) is 14.2. The zero-order chi connectivity index (χ0) is 15.2. The van der Waals surface area contributed by atoms with Gasteiger partial charge in [-0.05, 0) is 25.7 Å². The molecule has 0 saturated heterocycles. The molecule has 1 atom stereocenters. The van der Waals surface area contributed by atoms with Crippen LogP contribution in [0.3, 0.4) is 0 Å². The van der Waals surface area contributed by atoms with Crippen molar-refractivity contribution in [2.45, 2.75) is 52.8 Å². The van der Waals surface area contributed by atoms with E-state index in [2.05, 4.69) is 13.8 Å². The van der Waals surface area contributed by atoms with Crippen LogP contribution in [0.2, 0.25) is 0 Å². The van der Waals surface area contributed by atoms with Crippen LogP contribution in [0.15, 0.2) is 41.7 Å². The summed E-state index contributed by atoms with van der Waals surface area (Å²) in [5.41, 5.74) is 2.03. The highest BCUT2D eigenvalue weighted by Gasteiger charge is 2.44. The number of amides is 1. The third-order valence-corrected chi connectivity index (χ3v) is 4.27. The van der Waals surface area contributed by atoms with Gasteiger partial charge in [-0.3, -0.25) is 9.69 Å². The van der Waals surface area contributed by atoms with E-state index in [1.165, 1.54) is 0 Å². The fourth-order valence-electron chi connectivity index (χ4n) is 3.29. The van der Waals surface area contributed by atoms with Crippen molar-refractivity contribution in [1.82, 2.24) is 4.90 Å². The summed E-state index contributed by atoms with van der Waals surface area (Å²) in [6.45, 7) is 8.48. The van der Waals surface area contributed by atoms with Gasteiger partial charge in [0.25, 0.3) is 5.91 Å². The molecule has 1 aromatic carbocycles. The maximum absolute atomic E-state index is 12.9. The fraction of sp³-hybridized carbons (Fsp3) is 0.500. The highest BCUT2D eigenvalue weighted by atomic mass is 16.5. The molecule has 0 spiro atoms. The Labute approximate surface area is 126 Å². The fourth-order valence-corrected chi connectivity index (χ4v) is 3.29. The summed E-state index contributed by atoms with van der Waals surface area (Å²) in [6.07, 6.45) is 1.36. The summed E-state index contributed by atoms with van der Waals surface area (Å²) in [5, 5.41) is 0. The van der Waals surface area contributed by atoms with Gasteiger partial charge < -0.3 is 4.74 Å². The third-order valence-electron chi connectivity index (χ3n) is 4.27. The maximum Gasteiger partial charge on any atom is 0.256 e. The Balaban J connectivity index is 2.00. The van der Waals surface area contributed by atoms with E-state index in [0.29, 0.717) is 0 Å². The van der Waals surface area contributed by atoms with Gasteiger partial charge in [0.2, 0.25) is 6.23 Å². The molecule has 1 aromatic rings. The number of hydrogen-bond acceptors (Lipinski definition) is 2. The molecule has 0 N–H and O–H groups in total. The van der Waals surface area contributed by atoms with Crippen molar-refractivity contribution in [2.24, 2.45) is 5.41 Å². The third kappa shape index (κ3) is 2.45. The minimum atomic E-state index is -0.300. The summed E-state index contributed by atoms with van der Waals surface area (Å²) in [7, 11) is 0. The molecule has 0 aromatic heterocycles. The van der Waals surface area contributed by atoms with Crippen LogP contribution in [0, 0.1) is 5.41 Å². The van der Waals surface area contributed by atoms with Crippen molar-refractivity contribution in [3.05, 3.63) is 47.2 Å². The average molecular weight is 285 g/mol. The van der Waals surface area contributed by atoms with Crippen LogP contribution in [0.1, 0.15) is 52.3 Å². The Hall–Kier alpha value is -1.77. The van der Waals surface area contributed by atoms with Crippen LogP contribution >= 0.6 is 0 Å². The SMILES string of the molecule is CC(C)N1C(=O)C2=C(CC(C)(C)C2)OC1c1ccccc1. The van der Waals surface area contributed by atoms with Gasteiger partial charge >= 0.3 is 0 Å². The summed E-state index contributed by atoms with van der Waals surface area (Å²) in [4.78, 5) is 14.8. The average Bonchev–Trinajstić information content (AvgIpc) is 2.74. The van der Waals surface area contributed by atoms with Gasteiger partial charge in [0, 0.05) is 18.0 Å². The molecule has 0 saturated carbocycles. The van der Waals surface area contributed by atoms with E-state index in [0.717, 1.165) is 29.7 Å². The highest BCUT2D eigenvalue weighted by molar-refractivity contribution is 5.95. The van der Waals surface area contributed by atoms with Gasteiger partial charge in [0.1, 0.15) is 5.76 Å². The van der Waals surface area contributed by atoms with Gasteiger partial charge in [-0.15, -0.1) is 0 Å². The molecule has 0 bridgehead atoms. The first-order valence-corrected chi connectivity index (χ1v) is 7.65. The largest absolute Gasteiger partial charge is 0.470 e. The van der Waals surface area contributed by atoms with Crippen LogP contribution in [-0.4, -0.2) is 16.8 Å². The van der Waals surface area contributed by atoms with E-state index in [-0.39, 0.29) is 23.6 Å². The molecular formula is C18H23NO2. The van der Waals surface area contributed by atoms with Crippen LogP contribution < -0.4 is 0 Å². The van der Waals surface area contributed by atoms with Gasteiger partial charge in [-0.25, -0.2) is 0 Å². The second kappa shape index (κ2) is 4.90. The summed E-state index contributed by atoms with van der Waals surface area (Å²) in [6, 6.07) is 10.1. The van der Waals surface area contributed by atoms with Crippen molar-refractivity contribution in [3.63, 3.8) is 0 Å². The minimum absolute atomic E-state index is 0.112. The molecule has 0 radical (unpaired) electrons. The number of ether oxygens (including phenoxy) is 1. The first-order chi connectivity index (χ1) is 9.89. The molecule has 21 heavy (non-hydrogen) atoms. The predicted octanol–water partition coefficient (Wildman–Crippen LogP) is 4.03. The van der Waals surface area contributed by atoms with E-state index in [4.69, 9.17) is 4.74 Å². The van der Waals surface area contributed by atoms with Crippen LogP contribution in [0.25, 0.3) is 0 Å². The van der Waals surface area contributed by atoms with Crippen molar-refractivity contribution in [3.8, 4) is 0 Å². The second-order valence-electron chi connectivity index (χ2n) is 7.11. The van der Waals surface area contributed by atoms with Crippen molar-refractivity contribution < 1.29 is 9.53 Å². The Bertz CT molecular complexity index is 586. The molecule has 3 nitrogen and oxygen atoms in total. The lowest BCUT2D eigenvalue weighted by Crippen LogP contribution is -2.44. The quantitative estimate of drug-likeness (QED) is 0.821. The molecule has 3 rings (SSSR count). The van der Waals surface area contributed by atoms with E-state index in [1.54, 1.807) is 0 Å². The molecule has 1 unspecified atom stereocenters. The molecule has 1 amide bonds. The Morgan fingerprint density at radius 3 is 2.48 bits per heavy atom. The topological polar surface area (TPSA) is 29.5 Å². The molecule has 2 aliphatic rings. The number of nitrogens with zero attached hydrogens (tertiary/aromatic N) is 1. The van der Waals surface area contributed by atoms with E-state index in [1.807, 2.05) is 49.1 Å². The Morgan fingerprint density at radius 1 is 1.19 bits per heavy atom. The number of carbonyl (C=O) groups is 1. The zero-order valence-electron chi connectivity index (χ0n) is 13.2. The van der Waals surface area contributed by atoms with Gasteiger partial charge in [0.05, 0.1) is 5.57 Å². The number of benzene rings is 1. The van der Waals surface area contributed by atoms with Crippen molar-refractivity contribution >= 4 is 5.91 Å². The summed E-state index contributed by atoms with van der Waals surface area (Å²) < 4.78 is 6.26. The van der Waals surface area contributed by atoms with Crippen LogP contribution in [0.4, 0.5) is 0 Å². The second-order valence-corrected chi connectivity index (χ2v) is 7.11. The first-order valence-electron chi connectivity index (χ1n) is 7.65. The molecule has 0 fully saturated rings. The Kier molecular flexibility index (Phi) is 3.31. The van der Waals surface area contributed by atoms with E-state index < -0.39 is 0 Å². The smallest absolute Gasteiger partial charge is 0.256 e. The van der Waals surface area contributed by atoms with Crippen molar-refractivity contribution in [1.29, 1.82) is 0 Å². The van der Waals surface area contributed by atoms with E-state index >= 15 is 0 Å². The lowest BCUT2D eigenvalue weighted by Gasteiger charge is -2.39. The normalized spacial score (nSPS) is 24.3. The standard InChI is InChI=1S/C18H23NO2/c1-12(2)19-16(20)14-10-18(3,4)11-15(14)21-17(19)13-8-6-5-7-9-13/h5-9,12,17H,10-11H2,1-4H3. The van der Waals surface area contributed by atoms with Gasteiger partial charge in [-0.2, -0.15) is 0 Å². The predicted molar refractivity (Wildman–Crippen MR) is 82.3 cm³/mol. The molecule has 1 aliphatic carbocycles. The summed E-state index contributed by atoms with van der Waals surface area (Å²) >= 11 is 0. The number of hydrogen-bond donors (Lipinski definition) is 0. The van der Waals surface area contributed by atoms with E-state index in [9.17, 15) is 4.79 Å². The number of allylic oxidation sites excluding steroid dienone is 1. The van der Waals surface area contributed by atoms with Crippen LogP contribution in [-0.2, 0) is 9.53 Å².